The molecule has 0 unspecified atom stereocenters. The number of hydrogen-bond donors (Lipinski definition) is 3. The van der Waals surface area contributed by atoms with Gasteiger partial charge >= 0.3 is 0 Å². The third kappa shape index (κ3) is 3.40. The second kappa shape index (κ2) is 5.50. The molecule has 1 aromatic carbocycles. The van der Waals surface area contributed by atoms with Gasteiger partial charge in [-0.1, -0.05) is 0 Å². The van der Waals surface area contributed by atoms with Crippen LogP contribution in [0.25, 0.3) is 0 Å². The van der Waals surface area contributed by atoms with Crippen LogP contribution >= 0.6 is 12.4 Å². The summed E-state index contributed by atoms with van der Waals surface area (Å²) in [5.41, 5.74) is 12.2. The molecule has 1 aromatic rings. The van der Waals surface area contributed by atoms with Gasteiger partial charge in [-0.05, 0) is 12.1 Å². The van der Waals surface area contributed by atoms with Crippen molar-refractivity contribution in [2.24, 2.45) is 0 Å². The molecule has 0 bridgehead atoms. The Balaban J connectivity index is 0.00000144. The van der Waals surface area contributed by atoms with E-state index in [2.05, 4.69) is 0 Å². The van der Waals surface area contributed by atoms with Crippen molar-refractivity contribution in [3.63, 3.8) is 0 Å². The Bertz CT molecular complexity index is 268. The van der Waals surface area contributed by atoms with Crippen LogP contribution < -0.4 is 16.2 Å². The van der Waals surface area contributed by atoms with Gasteiger partial charge in [0.05, 0.1) is 12.3 Å². The highest BCUT2D eigenvalue weighted by molar-refractivity contribution is 5.85. The van der Waals surface area contributed by atoms with Gasteiger partial charge in [-0.2, -0.15) is 0 Å². The lowest BCUT2D eigenvalue weighted by molar-refractivity contribution is 0.202. The lowest BCUT2D eigenvalue weighted by Gasteiger charge is -2.07. The summed E-state index contributed by atoms with van der Waals surface area (Å²) in [6.07, 6.45) is 0. The van der Waals surface area contributed by atoms with E-state index in [0.29, 0.717) is 17.1 Å². The maximum atomic E-state index is 8.49. The number of nitrogens with two attached hydrogens (primary N) is 2. The fraction of sp³-hybridized carbons (Fsp3) is 0.250. The Hall–Kier alpha value is -1.13. The Morgan fingerprint density at radius 2 is 2.00 bits per heavy atom. The van der Waals surface area contributed by atoms with Crippen LogP contribution in [0.15, 0.2) is 18.2 Å². The van der Waals surface area contributed by atoms with E-state index in [0.717, 1.165) is 0 Å². The van der Waals surface area contributed by atoms with Crippen LogP contribution in [0, 0.1) is 0 Å². The van der Waals surface area contributed by atoms with Gasteiger partial charge in [0.2, 0.25) is 0 Å². The number of anilines is 2. The first kappa shape index (κ1) is 11.9. The first-order valence-electron chi connectivity index (χ1n) is 3.62. The van der Waals surface area contributed by atoms with Gasteiger partial charge in [0.25, 0.3) is 0 Å². The number of aliphatic hydroxyl groups is 1. The average Bonchev–Trinajstić information content (AvgIpc) is 2.07. The van der Waals surface area contributed by atoms with Gasteiger partial charge in [-0.3, -0.25) is 0 Å². The molecule has 5 heteroatoms. The highest BCUT2D eigenvalue weighted by Crippen LogP contribution is 2.23. The molecule has 0 aliphatic rings. The van der Waals surface area contributed by atoms with Crippen molar-refractivity contribution in [3.05, 3.63) is 18.2 Å². The first-order valence-corrected chi connectivity index (χ1v) is 3.62. The molecule has 0 aliphatic heterocycles. The van der Waals surface area contributed by atoms with E-state index < -0.39 is 0 Å². The maximum Gasteiger partial charge on any atom is 0.144 e. The Labute approximate surface area is 82.9 Å². The van der Waals surface area contributed by atoms with Gasteiger partial charge in [0, 0.05) is 11.8 Å². The minimum atomic E-state index is -0.0335. The summed E-state index contributed by atoms with van der Waals surface area (Å²) in [7, 11) is 0. The third-order valence-corrected chi connectivity index (χ3v) is 1.39. The number of hydrogen-bond acceptors (Lipinski definition) is 4. The van der Waals surface area contributed by atoms with Crippen LogP contribution in [0.5, 0.6) is 5.75 Å². The summed E-state index contributed by atoms with van der Waals surface area (Å²) in [4.78, 5) is 0. The Morgan fingerprint density at radius 1 is 1.31 bits per heavy atom. The van der Waals surface area contributed by atoms with Gasteiger partial charge in [0.1, 0.15) is 12.4 Å². The molecular weight excluding hydrogens is 192 g/mol. The van der Waals surface area contributed by atoms with Crippen molar-refractivity contribution in [2.75, 3.05) is 24.7 Å². The van der Waals surface area contributed by atoms with Crippen molar-refractivity contribution in [1.82, 2.24) is 0 Å². The average molecular weight is 205 g/mol. The van der Waals surface area contributed by atoms with Crippen LogP contribution in [0.3, 0.4) is 0 Å². The standard InChI is InChI=1S/C8H12N2O2.ClH/c9-6-1-2-7(10)8(5-6)12-4-3-11;/h1-2,5,11H,3-4,9-10H2;1H. The largest absolute Gasteiger partial charge is 0.489 e. The highest BCUT2D eigenvalue weighted by atomic mass is 35.5. The fourth-order valence-corrected chi connectivity index (χ4v) is 0.832. The molecular formula is C8H13ClN2O2. The van der Waals surface area contributed by atoms with E-state index in [1.807, 2.05) is 0 Å². The molecule has 4 nitrogen and oxygen atoms in total. The van der Waals surface area contributed by atoms with Gasteiger partial charge in [-0.15, -0.1) is 12.4 Å². The zero-order chi connectivity index (χ0) is 8.97. The van der Waals surface area contributed by atoms with Gasteiger partial charge in [0.15, 0.2) is 0 Å². The Morgan fingerprint density at radius 3 is 2.62 bits per heavy atom. The molecule has 0 radical (unpaired) electrons. The number of halogens is 1. The lowest BCUT2D eigenvalue weighted by Crippen LogP contribution is -2.04. The maximum absolute atomic E-state index is 8.49. The fourth-order valence-electron chi connectivity index (χ4n) is 0.832. The molecule has 1 rings (SSSR count). The highest BCUT2D eigenvalue weighted by Gasteiger charge is 1.99. The van der Waals surface area contributed by atoms with Crippen LogP contribution in [-0.4, -0.2) is 18.3 Å². The SMILES string of the molecule is Cl.Nc1ccc(N)c(OCCO)c1. The molecule has 0 aromatic heterocycles. The number of nitrogen functional groups attached to an aromatic ring is 2. The smallest absolute Gasteiger partial charge is 0.144 e. The lowest BCUT2D eigenvalue weighted by atomic mass is 10.2. The van der Waals surface area contributed by atoms with Crippen molar-refractivity contribution < 1.29 is 9.84 Å². The summed E-state index contributed by atoms with van der Waals surface area (Å²) >= 11 is 0. The third-order valence-electron chi connectivity index (χ3n) is 1.39. The summed E-state index contributed by atoms with van der Waals surface area (Å²) in [6.45, 7) is 0.196. The van der Waals surface area contributed by atoms with E-state index in [4.69, 9.17) is 21.3 Å². The van der Waals surface area contributed by atoms with Crippen LogP contribution in [0.2, 0.25) is 0 Å². The molecule has 74 valence electrons. The monoisotopic (exact) mass is 204 g/mol. The number of aliphatic hydroxyl groups excluding tert-OH is 1. The quantitative estimate of drug-likeness (QED) is 0.632. The van der Waals surface area contributed by atoms with Crippen LogP contribution in [0.1, 0.15) is 0 Å². The predicted octanol–water partition coefficient (Wildman–Crippen LogP) is 0.644. The summed E-state index contributed by atoms with van der Waals surface area (Å²) in [5, 5.41) is 8.49. The minimum absolute atomic E-state index is 0. The molecule has 0 fully saturated rings. The molecule has 0 amide bonds. The molecule has 0 atom stereocenters. The molecule has 0 aliphatic carbocycles. The number of benzene rings is 1. The molecule has 0 saturated carbocycles. The van der Waals surface area contributed by atoms with E-state index in [-0.39, 0.29) is 25.6 Å². The zero-order valence-corrected chi connectivity index (χ0v) is 7.88. The minimum Gasteiger partial charge on any atom is -0.489 e. The Kier molecular flexibility index (Phi) is 5.03. The van der Waals surface area contributed by atoms with E-state index in [1.54, 1.807) is 18.2 Å². The van der Waals surface area contributed by atoms with Crippen molar-refractivity contribution in [2.45, 2.75) is 0 Å². The molecule has 5 N–H and O–H groups in total. The normalized spacial score (nSPS) is 9.00. The zero-order valence-electron chi connectivity index (χ0n) is 7.06. The van der Waals surface area contributed by atoms with Crippen molar-refractivity contribution in [1.29, 1.82) is 0 Å². The first-order chi connectivity index (χ1) is 5.74. The summed E-state index contributed by atoms with van der Waals surface area (Å²) in [5.74, 6) is 0.518. The van der Waals surface area contributed by atoms with Gasteiger partial charge < -0.3 is 21.3 Å². The van der Waals surface area contributed by atoms with E-state index in [9.17, 15) is 0 Å². The van der Waals surface area contributed by atoms with E-state index in [1.165, 1.54) is 0 Å². The van der Waals surface area contributed by atoms with E-state index >= 15 is 0 Å². The molecule has 0 saturated heterocycles. The number of ether oxygens (including phenoxy) is 1. The molecule has 0 spiro atoms. The van der Waals surface area contributed by atoms with Crippen LogP contribution in [0.4, 0.5) is 11.4 Å². The van der Waals surface area contributed by atoms with Crippen molar-refractivity contribution in [3.8, 4) is 5.75 Å². The molecule has 0 heterocycles. The molecule has 13 heavy (non-hydrogen) atoms. The van der Waals surface area contributed by atoms with Gasteiger partial charge in [-0.25, -0.2) is 0 Å². The van der Waals surface area contributed by atoms with Crippen LogP contribution in [-0.2, 0) is 0 Å². The summed E-state index contributed by atoms with van der Waals surface area (Å²) in [6, 6.07) is 4.99. The van der Waals surface area contributed by atoms with Crippen molar-refractivity contribution >= 4 is 23.8 Å². The predicted molar refractivity (Wildman–Crippen MR) is 55.1 cm³/mol. The number of rotatable bonds is 3. The second-order valence-corrected chi connectivity index (χ2v) is 2.37. The summed E-state index contributed by atoms with van der Waals surface area (Å²) < 4.78 is 5.11. The second-order valence-electron chi connectivity index (χ2n) is 2.37. The topological polar surface area (TPSA) is 81.5 Å².